The first-order valence-corrected chi connectivity index (χ1v) is 11.3. The number of carbonyl (C=O) groups excluding carboxylic acids is 2. The lowest BCUT2D eigenvalue weighted by Gasteiger charge is -2.32. The third-order valence-corrected chi connectivity index (χ3v) is 6.01. The van der Waals surface area contributed by atoms with Crippen LogP contribution in [0.25, 0.3) is 0 Å². The Bertz CT molecular complexity index is 855. The van der Waals surface area contributed by atoms with Crippen LogP contribution < -0.4 is 15.5 Å². The molecule has 2 saturated heterocycles. The summed E-state index contributed by atoms with van der Waals surface area (Å²) in [6.07, 6.45) is 3.06. The summed E-state index contributed by atoms with van der Waals surface area (Å²) < 4.78 is 23.1. The summed E-state index contributed by atoms with van der Waals surface area (Å²) in [5.41, 5.74) is -0.798. The summed E-state index contributed by atoms with van der Waals surface area (Å²) in [5, 5.41) is 2.58. The van der Waals surface area contributed by atoms with Crippen molar-refractivity contribution in [1.29, 1.82) is 0 Å². The Morgan fingerprint density at radius 1 is 1.18 bits per heavy atom. The Morgan fingerprint density at radius 3 is 2.30 bits per heavy atom. The van der Waals surface area contributed by atoms with E-state index >= 15 is 0 Å². The SMILES string of the molecule is C[C@H](NC(=O)OC(C)(C)C)C(=O)N1CC[C@H](Oc2ncc(B3OC(C)(C)C(C)(C)O3)cn2)C1. The van der Waals surface area contributed by atoms with Gasteiger partial charge in [-0.2, -0.15) is 0 Å². The van der Waals surface area contributed by atoms with E-state index in [1.165, 1.54) is 0 Å². The normalized spacial score (nSPS) is 22.7. The first kappa shape index (κ1) is 25.2. The van der Waals surface area contributed by atoms with Gasteiger partial charge in [0.25, 0.3) is 0 Å². The van der Waals surface area contributed by atoms with E-state index in [-0.39, 0.29) is 18.0 Å². The van der Waals surface area contributed by atoms with Gasteiger partial charge in [-0.3, -0.25) is 4.79 Å². The van der Waals surface area contributed by atoms with E-state index in [9.17, 15) is 9.59 Å². The van der Waals surface area contributed by atoms with E-state index in [0.29, 0.717) is 25.0 Å². The minimum absolute atomic E-state index is 0.191. The molecule has 1 N–H and O–H groups in total. The first-order chi connectivity index (χ1) is 15.2. The third-order valence-electron chi connectivity index (χ3n) is 6.01. The van der Waals surface area contributed by atoms with E-state index in [4.69, 9.17) is 18.8 Å². The fourth-order valence-electron chi connectivity index (χ4n) is 3.48. The fraction of sp³-hybridized carbons (Fsp3) is 0.727. The van der Waals surface area contributed by atoms with Crippen molar-refractivity contribution in [2.45, 2.75) is 90.8 Å². The first-order valence-electron chi connectivity index (χ1n) is 11.3. The molecule has 0 bridgehead atoms. The highest BCUT2D eigenvalue weighted by molar-refractivity contribution is 6.61. The van der Waals surface area contributed by atoms with Gasteiger partial charge in [-0.15, -0.1) is 0 Å². The maximum absolute atomic E-state index is 12.7. The van der Waals surface area contributed by atoms with Crippen LogP contribution in [0.5, 0.6) is 6.01 Å². The van der Waals surface area contributed by atoms with Gasteiger partial charge in [0.15, 0.2) is 0 Å². The highest BCUT2D eigenvalue weighted by atomic mass is 16.7. The van der Waals surface area contributed by atoms with Crippen LogP contribution in [0.4, 0.5) is 4.79 Å². The van der Waals surface area contributed by atoms with Gasteiger partial charge < -0.3 is 29.0 Å². The number of alkyl carbamates (subject to hydrolysis) is 1. The zero-order valence-electron chi connectivity index (χ0n) is 20.8. The van der Waals surface area contributed by atoms with E-state index < -0.39 is 36.1 Å². The molecule has 0 unspecified atom stereocenters. The monoisotopic (exact) mass is 462 g/mol. The maximum Gasteiger partial charge on any atom is 0.498 e. The Labute approximate surface area is 195 Å². The van der Waals surface area contributed by atoms with E-state index in [1.54, 1.807) is 45.0 Å². The Balaban J connectivity index is 1.50. The van der Waals surface area contributed by atoms with E-state index in [1.807, 2.05) is 27.7 Å². The molecule has 1 aromatic rings. The number of rotatable bonds is 5. The van der Waals surface area contributed by atoms with Gasteiger partial charge in [-0.05, 0) is 55.4 Å². The third kappa shape index (κ3) is 6.14. The smallest absolute Gasteiger partial charge is 0.458 e. The van der Waals surface area contributed by atoms with Crippen LogP contribution in [0.1, 0.15) is 61.8 Å². The second-order valence-corrected chi connectivity index (χ2v) is 10.6. The molecule has 2 amide bonds. The molecule has 3 heterocycles. The molecule has 11 heteroatoms. The Hall–Kier alpha value is -2.40. The molecule has 0 aromatic carbocycles. The van der Waals surface area contributed by atoms with Crippen LogP contribution in [-0.4, -0.2) is 76.0 Å². The van der Waals surface area contributed by atoms with E-state index in [2.05, 4.69) is 15.3 Å². The fourth-order valence-corrected chi connectivity index (χ4v) is 3.48. The molecule has 10 nitrogen and oxygen atoms in total. The molecule has 2 aliphatic heterocycles. The van der Waals surface area contributed by atoms with Crippen LogP contribution in [0.2, 0.25) is 0 Å². The van der Waals surface area contributed by atoms with Crippen molar-refractivity contribution in [1.82, 2.24) is 20.2 Å². The molecule has 1 aromatic heterocycles. The molecule has 0 radical (unpaired) electrons. The minimum Gasteiger partial charge on any atom is -0.458 e. The van der Waals surface area contributed by atoms with Crippen molar-refractivity contribution in [3.05, 3.63) is 12.4 Å². The number of nitrogens with zero attached hydrogens (tertiary/aromatic N) is 3. The standard InChI is InChI=1S/C22H35BN4O6/c1-14(26-19(29)31-20(2,3)4)17(28)27-10-9-16(13-27)30-18-24-11-15(12-25-18)23-32-21(5,6)22(7,8)33-23/h11-12,14,16H,9-10,13H2,1-8H3,(H,26,29)/t14-,16-/m0/s1. The number of likely N-dealkylation sites (tertiary alicyclic amines) is 1. The van der Waals surface area contributed by atoms with Gasteiger partial charge in [0.05, 0.1) is 17.7 Å². The summed E-state index contributed by atoms with van der Waals surface area (Å²) in [7, 11) is -0.539. The number of ether oxygens (including phenoxy) is 2. The molecular formula is C22H35BN4O6. The zero-order chi connectivity index (χ0) is 24.6. The second-order valence-electron chi connectivity index (χ2n) is 10.6. The molecule has 2 aliphatic rings. The van der Waals surface area contributed by atoms with Crippen molar-refractivity contribution in [3.8, 4) is 6.01 Å². The highest BCUT2D eigenvalue weighted by Gasteiger charge is 2.52. The number of aromatic nitrogens is 2. The lowest BCUT2D eigenvalue weighted by atomic mass is 9.81. The lowest BCUT2D eigenvalue weighted by Crippen LogP contribution is -2.47. The van der Waals surface area contributed by atoms with Gasteiger partial charge in [-0.1, -0.05) is 0 Å². The van der Waals surface area contributed by atoms with Gasteiger partial charge in [-0.25, -0.2) is 14.8 Å². The largest absolute Gasteiger partial charge is 0.498 e. The van der Waals surface area contributed by atoms with Crippen LogP contribution in [0, 0.1) is 0 Å². The minimum atomic E-state index is -0.700. The van der Waals surface area contributed by atoms with Gasteiger partial charge >= 0.3 is 19.2 Å². The van der Waals surface area contributed by atoms with Gasteiger partial charge in [0, 0.05) is 30.8 Å². The van der Waals surface area contributed by atoms with Crippen molar-refractivity contribution in [2.24, 2.45) is 0 Å². The number of hydrogen-bond acceptors (Lipinski definition) is 8. The number of hydrogen-bond donors (Lipinski definition) is 1. The second kappa shape index (κ2) is 9.10. The highest BCUT2D eigenvalue weighted by Crippen LogP contribution is 2.36. The lowest BCUT2D eigenvalue weighted by molar-refractivity contribution is -0.132. The van der Waals surface area contributed by atoms with Crippen LogP contribution in [0.15, 0.2) is 12.4 Å². The van der Waals surface area contributed by atoms with Crippen molar-refractivity contribution in [2.75, 3.05) is 13.1 Å². The molecular weight excluding hydrogens is 427 g/mol. The van der Waals surface area contributed by atoms with Crippen molar-refractivity contribution >= 4 is 24.6 Å². The van der Waals surface area contributed by atoms with Crippen LogP contribution in [0.3, 0.4) is 0 Å². The van der Waals surface area contributed by atoms with Crippen LogP contribution in [-0.2, 0) is 18.8 Å². The average Bonchev–Trinajstić information content (AvgIpc) is 3.21. The summed E-state index contributed by atoms with van der Waals surface area (Å²) in [4.78, 5) is 34.8. The summed E-state index contributed by atoms with van der Waals surface area (Å²) >= 11 is 0. The predicted molar refractivity (Wildman–Crippen MR) is 122 cm³/mol. The maximum atomic E-state index is 12.7. The molecule has 2 atom stereocenters. The number of carbonyl (C=O) groups is 2. The van der Waals surface area contributed by atoms with E-state index in [0.717, 1.165) is 0 Å². The molecule has 3 rings (SSSR count). The van der Waals surface area contributed by atoms with Crippen molar-refractivity contribution < 1.29 is 28.4 Å². The van der Waals surface area contributed by atoms with Crippen LogP contribution >= 0.6 is 0 Å². The topological polar surface area (TPSA) is 112 Å². The summed E-state index contributed by atoms with van der Waals surface area (Å²) in [5.74, 6) is -0.191. The zero-order valence-corrected chi connectivity index (χ0v) is 20.8. The van der Waals surface area contributed by atoms with Gasteiger partial charge in [0.1, 0.15) is 17.7 Å². The molecule has 2 fully saturated rings. The molecule has 0 aliphatic carbocycles. The Morgan fingerprint density at radius 2 is 1.76 bits per heavy atom. The molecule has 0 spiro atoms. The molecule has 182 valence electrons. The molecule has 33 heavy (non-hydrogen) atoms. The van der Waals surface area contributed by atoms with Crippen molar-refractivity contribution in [3.63, 3.8) is 0 Å². The average molecular weight is 462 g/mol. The Kier molecular flexibility index (Phi) is 6.96. The molecule has 0 saturated carbocycles. The number of amides is 2. The number of nitrogens with one attached hydrogen (secondary N) is 1. The summed E-state index contributed by atoms with van der Waals surface area (Å²) in [6, 6.07) is -0.469. The predicted octanol–water partition coefficient (Wildman–Crippen LogP) is 1.67. The van der Waals surface area contributed by atoms with Gasteiger partial charge in [0.2, 0.25) is 5.91 Å². The summed E-state index contributed by atoms with van der Waals surface area (Å²) in [6.45, 7) is 15.8. The quantitative estimate of drug-likeness (QED) is 0.658.